The monoisotopic (exact) mass is 239 g/mol. The summed E-state index contributed by atoms with van der Waals surface area (Å²) in [5.74, 6) is 1.55. The third-order valence-electron chi connectivity index (χ3n) is 2.88. The number of hydrogen-bond acceptors (Lipinski definition) is 3. The quantitative estimate of drug-likeness (QED) is 0.690. The lowest BCUT2D eigenvalue weighted by molar-refractivity contribution is 0.415. The van der Waals surface area contributed by atoms with E-state index in [0.29, 0.717) is 5.78 Å². The van der Waals surface area contributed by atoms with Gasteiger partial charge in [-0.25, -0.2) is 9.97 Å². The Morgan fingerprint density at radius 2 is 2.11 bits per heavy atom. The molecule has 0 aliphatic carbocycles. The number of nitrogens with zero attached hydrogens (tertiary/aromatic N) is 3. The van der Waals surface area contributed by atoms with Crippen molar-refractivity contribution in [2.24, 2.45) is 0 Å². The van der Waals surface area contributed by atoms with E-state index in [0.717, 1.165) is 22.7 Å². The minimum Gasteiger partial charge on any atom is -0.497 e. The molecule has 90 valence electrons. The first-order valence-electron chi connectivity index (χ1n) is 5.73. The van der Waals surface area contributed by atoms with E-state index >= 15 is 0 Å². The Balaban J connectivity index is 2.19. The van der Waals surface area contributed by atoms with Gasteiger partial charge in [0.15, 0.2) is 0 Å². The van der Waals surface area contributed by atoms with Crippen molar-refractivity contribution in [1.82, 2.24) is 14.4 Å². The highest BCUT2D eigenvalue weighted by Crippen LogP contribution is 2.24. The molecule has 0 fully saturated rings. The lowest BCUT2D eigenvalue weighted by Crippen LogP contribution is -1.92. The second kappa shape index (κ2) is 4.14. The van der Waals surface area contributed by atoms with Crippen LogP contribution in [-0.2, 0) is 0 Å². The van der Waals surface area contributed by atoms with Gasteiger partial charge >= 0.3 is 0 Å². The molecule has 0 N–H and O–H groups in total. The van der Waals surface area contributed by atoms with Gasteiger partial charge in [0.05, 0.1) is 19.0 Å². The van der Waals surface area contributed by atoms with E-state index < -0.39 is 0 Å². The molecular weight excluding hydrogens is 226 g/mol. The van der Waals surface area contributed by atoms with Gasteiger partial charge in [0.1, 0.15) is 5.75 Å². The average Bonchev–Trinajstić information content (AvgIpc) is 2.81. The number of aromatic nitrogens is 3. The van der Waals surface area contributed by atoms with Crippen molar-refractivity contribution < 1.29 is 4.74 Å². The van der Waals surface area contributed by atoms with Gasteiger partial charge in [0, 0.05) is 17.5 Å². The third kappa shape index (κ3) is 1.72. The van der Waals surface area contributed by atoms with Crippen LogP contribution in [0.5, 0.6) is 5.75 Å². The van der Waals surface area contributed by atoms with Crippen LogP contribution in [0.25, 0.3) is 17.0 Å². The van der Waals surface area contributed by atoms with Crippen LogP contribution in [0, 0.1) is 6.92 Å². The predicted octanol–water partition coefficient (Wildman–Crippen LogP) is 2.71. The Hall–Kier alpha value is -2.36. The largest absolute Gasteiger partial charge is 0.497 e. The van der Waals surface area contributed by atoms with Crippen LogP contribution in [0.3, 0.4) is 0 Å². The molecule has 2 aromatic heterocycles. The zero-order chi connectivity index (χ0) is 12.5. The standard InChI is InChI=1S/C14H13N3O/c1-10-6-7-17-13(9-15-14(17)16-10)11-4-3-5-12(8-11)18-2/h3-9H,1-2H3. The van der Waals surface area contributed by atoms with E-state index in [9.17, 15) is 0 Å². The molecule has 2 heterocycles. The molecule has 0 bridgehead atoms. The van der Waals surface area contributed by atoms with Crippen LogP contribution < -0.4 is 4.74 Å². The van der Waals surface area contributed by atoms with Crippen LogP contribution in [0.1, 0.15) is 5.69 Å². The summed E-state index contributed by atoms with van der Waals surface area (Å²) in [6.07, 6.45) is 3.82. The smallest absolute Gasteiger partial charge is 0.234 e. The van der Waals surface area contributed by atoms with Gasteiger partial charge < -0.3 is 4.74 Å². The van der Waals surface area contributed by atoms with Crippen molar-refractivity contribution in [3.63, 3.8) is 0 Å². The normalized spacial score (nSPS) is 10.8. The molecule has 0 spiro atoms. The number of rotatable bonds is 2. The van der Waals surface area contributed by atoms with Crippen LogP contribution >= 0.6 is 0 Å². The molecule has 1 aromatic carbocycles. The minimum absolute atomic E-state index is 0.716. The van der Waals surface area contributed by atoms with E-state index in [-0.39, 0.29) is 0 Å². The number of methoxy groups -OCH3 is 1. The molecule has 4 nitrogen and oxygen atoms in total. The molecule has 0 amide bonds. The summed E-state index contributed by atoms with van der Waals surface area (Å²) in [6, 6.07) is 9.89. The molecule has 0 saturated heterocycles. The maximum absolute atomic E-state index is 5.24. The van der Waals surface area contributed by atoms with Crippen molar-refractivity contribution in [2.45, 2.75) is 6.92 Å². The predicted molar refractivity (Wildman–Crippen MR) is 69.7 cm³/mol. The van der Waals surface area contributed by atoms with Crippen molar-refractivity contribution in [3.8, 4) is 17.0 Å². The number of benzene rings is 1. The van der Waals surface area contributed by atoms with E-state index in [4.69, 9.17) is 4.74 Å². The minimum atomic E-state index is 0.716. The van der Waals surface area contributed by atoms with Gasteiger partial charge in [0.25, 0.3) is 0 Å². The fourth-order valence-corrected chi connectivity index (χ4v) is 1.95. The summed E-state index contributed by atoms with van der Waals surface area (Å²) in [5, 5.41) is 0. The summed E-state index contributed by atoms with van der Waals surface area (Å²) in [5.41, 5.74) is 3.04. The molecular formula is C14H13N3O. The topological polar surface area (TPSA) is 39.4 Å². The zero-order valence-electron chi connectivity index (χ0n) is 10.3. The zero-order valence-corrected chi connectivity index (χ0v) is 10.3. The first-order chi connectivity index (χ1) is 8.78. The number of ether oxygens (including phenoxy) is 1. The van der Waals surface area contributed by atoms with E-state index in [1.54, 1.807) is 7.11 Å². The summed E-state index contributed by atoms with van der Waals surface area (Å²) in [7, 11) is 1.67. The van der Waals surface area contributed by atoms with Crippen molar-refractivity contribution in [1.29, 1.82) is 0 Å². The molecule has 0 atom stereocenters. The first kappa shape index (κ1) is 10.8. The van der Waals surface area contributed by atoms with Gasteiger partial charge in [-0.1, -0.05) is 12.1 Å². The molecule has 0 radical (unpaired) electrons. The van der Waals surface area contributed by atoms with Gasteiger partial charge in [0.2, 0.25) is 5.78 Å². The van der Waals surface area contributed by atoms with Gasteiger partial charge in [-0.05, 0) is 25.1 Å². The Bertz CT molecular complexity index is 703. The molecule has 3 aromatic rings. The molecule has 3 rings (SSSR count). The van der Waals surface area contributed by atoms with E-state index in [1.165, 1.54) is 0 Å². The van der Waals surface area contributed by atoms with E-state index in [1.807, 2.05) is 54.0 Å². The lowest BCUT2D eigenvalue weighted by atomic mass is 10.1. The number of hydrogen-bond donors (Lipinski definition) is 0. The van der Waals surface area contributed by atoms with Crippen molar-refractivity contribution in [3.05, 3.63) is 48.4 Å². The van der Waals surface area contributed by atoms with Gasteiger partial charge in [-0.2, -0.15) is 0 Å². The Kier molecular flexibility index (Phi) is 2.48. The summed E-state index contributed by atoms with van der Waals surface area (Å²) < 4.78 is 7.21. The molecule has 0 aliphatic rings. The molecule has 18 heavy (non-hydrogen) atoms. The summed E-state index contributed by atoms with van der Waals surface area (Å²) in [6.45, 7) is 1.96. The highest BCUT2D eigenvalue weighted by atomic mass is 16.5. The number of imidazole rings is 1. The van der Waals surface area contributed by atoms with Crippen LogP contribution in [0.2, 0.25) is 0 Å². The van der Waals surface area contributed by atoms with E-state index in [2.05, 4.69) is 9.97 Å². The average molecular weight is 239 g/mol. The maximum atomic E-state index is 5.24. The number of fused-ring (bicyclic) bond motifs is 1. The first-order valence-corrected chi connectivity index (χ1v) is 5.73. The van der Waals surface area contributed by atoms with Crippen LogP contribution in [0.15, 0.2) is 42.7 Å². The third-order valence-corrected chi connectivity index (χ3v) is 2.88. The highest BCUT2D eigenvalue weighted by Gasteiger charge is 2.07. The lowest BCUT2D eigenvalue weighted by Gasteiger charge is -2.04. The second-order valence-electron chi connectivity index (χ2n) is 4.11. The maximum Gasteiger partial charge on any atom is 0.234 e. The number of aryl methyl sites for hydroxylation is 1. The molecule has 0 saturated carbocycles. The Labute approximate surface area is 105 Å². The molecule has 0 aliphatic heterocycles. The molecule has 0 unspecified atom stereocenters. The van der Waals surface area contributed by atoms with Crippen molar-refractivity contribution in [2.75, 3.05) is 7.11 Å². The fraction of sp³-hybridized carbons (Fsp3) is 0.143. The SMILES string of the molecule is COc1cccc(-c2cnc3nc(C)ccn23)c1. The Morgan fingerprint density at radius 3 is 2.94 bits per heavy atom. The van der Waals surface area contributed by atoms with Crippen LogP contribution in [0.4, 0.5) is 0 Å². The Morgan fingerprint density at radius 1 is 1.22 bits per heavy atom. The molecule has 4 heteroatoms. The summed E-state index contributed by atoms with van der Waals surface area (Å²) >= 11 is 0. The fourth-order valence-electron chi connectivity index (χ4n) is 1.95. The van der Waals surface area contributed by atoms with Gasteiger partial charge in [-0.3, -0.25) is 4.40 Å². The highest BCUT2D eigenvalue weighted by molar-refractivity contribution is 5.64. The summed E-state index contributed by atoms with van der Waals surface area (Å²) in [4.78, 5) is 8.71. The van der Waals surface area contributed by atoms with Crippen molar-refractivity contribution >= 4 is 5.78 Å². The van der Waals surface area contributed by atoms with Gasteiger partial charge in [-0.15, -0.1) is 0 Å². The van der Waals surface area contributed by atoms with Crippen LogP contribution in [-0.4, -0.2) is 21.5 Å². The second-order valence-corrected chi connectivity index (χ2v) is 4.11.